The van der Waals surface area contributed by atoms with Gasteiger partial charge in [-0.3, -0.25) is 19.2 Å². The van der Waals surface area contributed by atoms with E-state index in [-0.39, 0.29) is 37.6 Å². The Hall–Kier alpha value is -2.98. The second kappa shape index (κ2) is 21.2. The fourth-order valence-corrected chi connectivity index (χ4v) is 5.50. The van der Waals surface area contributed by atoms with Crippen LogP contribution in [0.5, 0.6) is 0 Å². The maximum Gasteiger partial charge on any atom is 0.333 e. The number of unbranched alkanes of at least 4 members (excludes halogenated alkanes) is 13. The van der Waals surface area contributed by atoms with E-state index >= 15 is 0 Å². The highest BCUT2D eigenvalue weighted by molar-refractivity contribution is 6.01. The molecule has 1 rings (SSSR count). The molecule has 0 aromatic heterocycles. The fraction of sp³-hybridized carbons (Fsp3) is 0.838. The van der Waals surface area contributed by atoms with Gasteiger partial charge in [0, 0.05) is 31.1 Å². The molecule has 0 saturated carbocycles. The standard InChI is InChI=1S/C37H64N2O9/c1-35(2,3)46-31(43)24-22-20-18-16-14-12-10-9-11-13-15-17-19-21-23-28(40)38-33(34(45)47-36(4,5)6)37(7,8)27-32(44)48-39-29(41)25-26-30(39)42/h33H,9-27H2,1-8H3,(H,38,40)/t33-/m1/s1. The molecular weight excluding hydrogens is 616 g/mol. The molecule has 0 spiro atoms. The lowest BCUT2D eigenvalue weighted by Crippen LogP contribution is -2.53. The first-order valence-corrected chi connectivity index (χ1v) is 18.1. The number of rotatable bonds is 23. The number of carbonyl (C=O) groups excluding carboxylic acids is 6. The van der Waals surface area contributed by atoms with Gasteiger partial charge >= 0.3 is 17.9 Å². The van der Waals surface area contributed by atoms with E-state index in [4.69, 9.17) is 14.3 Å². The summed E-state index contributed by atoms with van der Waals surface area (Å²) in [5.74, 6) is -3.10. The van der Waals surface area contributed by atoms with Crippen LogP contribution in [0.15, 0.2) is 0 Å². The Kier molecular flexibility index (Phi) is 19.0. The lowest BCUT2D eigenvalue weighted by molar-refractivity contribution is -0.199. The van der Waals surface area contributed by atoms with Gasteiger partial charge in [-0.05, 0) is 54.4 Å². The minimum Gasteiger partial charge on any atom is -0.460 e. The van der Waals surface area contributed by atoms with E-state index in [0.29, 0.717) is 17.9 Å². The van der Waals surface area contributed by atoms with Crippen molar-refractivity contribution in [1.82, 2.24) is 10.4 Å². The summed E-state index contributed by atoms with van der Waals surface area (Å²) in [6, 6.07) is -1.13. The summed E-state index contributed by atoms with van der Waals surface area (Å²) in [7, 11) is 0. The largest absolute Gasteiger partial charge is 0.460 e. The van der Waals surface area contributed by atoms with Gasteiger partial charge in [0.2, 0.25) is 5.91 Å². The molecule has 1 saturated heterocycles. The molecule has 0 bridgehead atoms. The molecule has 11 nitrogen and oxygen atoms in total. The van der Waals surface area contributed by atoms with Crippen LogP contribution in [-0.4, -0.2) is 57.9 Å². The van der Waals surface area contributed by atoms with E-state index in [2.05, 4.69) is 5.32 Å². The van der Waals surface area contributed by atoms with Crippen LogP contribution in [0, 0.1) is 5.41 Å². The lowest BCUT2D eigenvalue weighted by Gasteiger charge is -2.34. The molecule has 1 aliphatic rings. The van der Waals surface area contributed by atoms with Gasteiger partial charge in [-0.25, -0.2) is 9.59 Å². The predicted molar refractivity (Wildman–Crippen MR) is 183 cm³/mol. The molecule has 276 valence electrons. The summed E-state index contributed by atoms with van der Waals surface area (Å²) in [5.41, 5.74) is -2.34. The van der Waals surface area contributed by atoms with Gasteiger partial charge in [0.25, 0.3) is 11.8 Å². The molecule has 1 atom stereocenters. The molecule has 3 amide bonds. The topological polar surface area (TPSA) is 145 Å². The van der Waals surface area contributed by atoms with E-state index < -0.39 is 46.4 Å². The Labute approximate surface area is 288 Å². The monoisotopic (exact) mass is 680 g/mol. The normalized spacial score (nSPS) is 14.5. The number of carbonyl (C=O) groups is 6. The average Bonchev–Trinajstić information content (AvgIpc) is 3.25. The predicted octanol–water partition coefficient (Wildman–Crippen LogP) is 7.42. The molecule has 0 aliphatic carbocycles. The fourth-order valence-electron chi connectivity index (χ4n) is 5.50. The first-order chi connectivity index (χ1) is 22.3. The smallest absolute Gasteiger partial charge is 0.333 e. The number of nitrogens with one attached hydrogen (secondary N) is 1. The second-order valence-corrected chi connectivity index (χ2v) is 15.8. The van der Waals surface area contributed by atoms with Crippen LogP contribution >= 0.6 is 0 Å². The molecule has 1 N–H and O–H groups in total. The quantitative estimate of drug-likeness (QED) is 0.0662. The highest BCUT2D eigenvalue weighted by atomic mass is 16.7. The molecule has 0 unspecified atom stereocenters. The van der Waals surface area contributed by atoms with Crippen molar-refractivity contribution in [3.8, 4) is 0 Å². The van der Waals surface area contributed by atoms with Gasteiger partial charge in [-0.1, -0.05) is 90.9 Å². The van der Waals surface area contributed by atoms with E-state index in [1.54, 1.807) is 34.6 Å². The zero-order valence-corrected chi connectivity index (χ0v) is 31.1. The van der Waals surface area contributed by atoms with Crippen molar-refractivity contribution < 1.29 is 43.1 Å². The zero-order chi connectivity index (χ0) is 36.4. The van der Waals surface area contributed by atoms with Crippen LogP contribution in [0.2, 0.25) is 0 Å². The molecule has 0 aromatic carbocycles. The molecule has 1 aliphatic heterocycles. The van der Waals surface area contributed by atoms with E-state index in [0.717, 1.165) is 32.1 Å². The molecule has 0 radical (unpaired) electrons. The Balaban J connectivity index is 2.26. The third-order valence-electron chi connectivity index (χ3n) is 7.98. The second-order valence-electron chi connectivity index (χ2n) is 15.8. The van der Waals surface area contributed by atoms with Gasteiger partial charge in [-0.15, -0.1) is 5.06 Å². The highest BCUT2D eigenvalue weighted by Gasteiger charge is 2.42. The Morgan fingerprint density at radius 3 is 1.42 bits per heavy atom. The van der Waals surface area contributed by atoms with Gasteiger partial charge in [0.1, 0.15) is 17.2 Å². The van der Waals surface area contributed by atoms with E-state index in [9.17, 15) is 28.8 Å². The number of hydrogen-bond donors (Lipinski definition) is 1. The van der Waals surface area contributed by atoms with Crippen molar-refractivity contribution in [2.45, 2.75) is 195 Å². The number of nitrogens with zero attached hydrogens (tertiary/aromatic N) is 1. The van der Waals surface area contributed by atoms with Crippen LogP contribution in [0.4, 0.5) is 0 Å². The summed E-state index contributed by atoms with van der Waals surface area (Å²) < 4.78 is 10.9. The number of hydrogen-bond acceptors (Lipinski definition) is 9. The Bertz CT molecular complexity index is 1040. The summed E-state index contributed by atoms with van der Waals surface area (Å²) in [6.45, 7) is 14.1. The van der Waals surface area contributed by atoms with Crippen molar-refractivity contribution in [1.29, 1.82) is 0 Å². The Morgan fingerprint density at radius 2 is 1.00 bits per heavy atom. The number of amides is 3. The van der Waals surface area contributed by atoms with Crippen LogP contribution in [0.1, 0.15) is 177 Å². The number of ether oxygens (including phenoxy) is 2. The number of hydroxylamine groups is 2. The lowest BCUT2D eigenvalue weighted by atomic mass is 9.81. The summed E-state index contributed by atoms with van der Waals surface area (Å²) in [6.07, 6.45) is 15.9. The maximum atomic E-state index is 13.1. The van der Waals surface area contributed by atoms with Crippen LogP contribution in [-0.2, 0) is 43.1 Å². The van der Waals surface area contributed by atoms with Gasteiger partial charge in [0.05, 0.1) is 6.42 Å². The SMILES string of the molecule is CC(C)(C)OC(=O)CCCCCCCCCCCCCCCCC(=O)N[C@H](C(=O)OC(C)(C)C)C(C)(C)CC(=O)ON1C(=O)CCC1=O. The first-order valence-electron chi connectivity index (χ1n) is 18.1. The number of esters is 2. The third kappa shape index (κ3) is 19.7. The minimum absolute atomic E-state index is 0.0190. The van der Waals surface area contributed by atoms with Crippen LogP contribution < -0.4 is 5.32 Å². The van der Waals surface area contributed by atoms with Crippen LogP contribution in [0.25, 0.3) is 0 Å². The number of imide groups is 1. The molecular formula is C37H64N2O9. The van der Waals surface area contributed by atoms with Crippen molar-refractivity contribution in [3.63, 3.8) is 0 Å². The minimum atomic E-state index is -1.13. The molecule has 0 aromatic rings. The maximum absolute atomic E-state index is 13.1. The molecule has 11 heteroatoms. The molecule has 1 fully saturated rings. The summed E-state index contributed by atoms with van der Waals surface area (Å²) in [4.78, 5) is 79.0. The molecule has 1 heterocycles. The van der Waals surface area contributed by atoms with Gasteiger partial charge in [0.15, 0.2) is 0 Å². The van der Waals surface area contributed by atoms with Crippen molar-refractivity contribution in [3.05, 3.63) is 0 Å². The van der Waals surface area contributed by atoms with Gasteiger partial charge < -0.3 is 19.6 Å². The summed E-state index contributed by atoms with van der Waals surface area (Å²) in [5, 5.41) is 3.24. The summed E-state index contributed by atoms with van der Waals surface area (Å²) >= 11 is 0. The van der Waals surface area contributed by atoms with Crippen molar-refractivity contribution >= 4 is 35.6 Å². The van der Waals surface area contributed by atoms with E-state index in [1.807, 2.05) is 20.8 Å². The van der Waals surface area contributed by atoms with Crippen LogP contribution in [0.3, 0.4) is 0 Å². The van der Waals surface area contributed by atoms with Crippen molar-refractivity contribution in [2.75, 3.05) is 0 Å². The first kappa shape index (κ1) is 43.0. The highest BCUT2D eigenvalue weighted by Crippen LogP contribution is 2.29. The average molecular weight is 681 g/mol. The van der Waals surface area contributed by atoms with Gasteiger partial charge in [-0.2, -0.15) is 0 Å². The zero-order valence-electron chi connectivity index (χ0n) is 31.1. The third-order valence-corrected chi connectivity index (χ3v) is 7.98. The molecule has 48 heavy (non-hydrogen) atoms. The van der Waals surface area contributed by atoms with Crippen molar-refractivity contribution in [2.24, 2.45) is 5.41 Å². The van der Waals surface area contributed by atoms with E-state index in [1.165, 1.54) is 51.4 Å². The Morgan fingerprint density at radius 1 is 0.604 bits per heavy atom.